The molecule has 4 nitrogen and oxygen atoms in total. The van der Waals surface area contributed by atoms with Crippen LogP contribution in [-0.4, -0.2) is 42.0 Å². The maximum atomic E-state index is 12.1. The Kier molecular flexibility index (Phi) is 4.51. The van der Waals surface area contributed by atoms with Crippen molar-refractivity contribution < 1.29 is 4.79 Å². The summed E-state index contributed by atoms with van der Waals surface area (Å²) in [4.78, 5) is 14.6. The molecule has 2 aliphatic rings. The maximum absolute atomic E-state index is 12.1. The Morgan fingerprint density at radius 2 is 2.11 bits per heavy atom. The van der Waals surface area contributed by atoms with E-state index < -0.39 is 0 Å². The first kappa shape index (κ1) is 14.8. The van der Waals surface area contributed by atoms with E-state index in [-0.39, 0.29) is 17.4 Å². The van der Waals surface area contributed by atoms with Crippen molar-refractivity contribution >= 4 is 5.91 Å². The molecule has 3 atom stereocenters. The zero-order valence-electron chi connectivity index (χ0n) is 12.6. The van der Waals surface area contributed by atoms with Crippen molar-refractivity contribution in [3.05, 3.63) is 0 Å². The van der Waals surface area contributed by atoms with Crippen LogP contribution in [0.1, 0.15) is 52.9 Å². The lowest BCUT2D eigenvalue weighted by atomic mass is 9.87. The van der Waals surface area contributed by atoms with Crippen LogP contribution in [-0.2, 0) is 4.79 Å². The number of nitrogens with one attached hydrogen (secondary N) is 1. The number of amides is 1. The second kappa shape index (κ2) is 5.80. The van der Waals surface area contributed by atoms with Crippen molar-refractivity contribution in [1.29, 1.82) is 0 Å². The van der Waals surface area contributed by atoms with Gasteiger partial charge >= 0.3 is 0 Å². The van der Waals surface area contributed by atoms with Crippen LogP contribution < -0.4 is 11.1 Å². The van der Waals surface area contributed by atoms with Crippen LogP contribution in [0, 0.1) is 5.41 Å². The zero-order chi connectivity index (χ0) is 14.0. The third-order valence-electron chi connectivity index (χ3n) is 4.27. The molecular formula is C15H29N3O. The summed E-state index contributed by atoms with van der Waals surface area (Å²) >= 11 is 0. The topological polar surface area (TPSA) is 58.4 Å². The lowest BCUT2D eigenvalue weighted by molar-refractivity contribution is -0.122. The number of hydrogen-bond acceptors (Lipinski definition) is 3. The monoisotopic (exact) mass is 267 g/mol. The molecule has 0 spiro atoms. The van der Waals surface area contributed by atoms with Gasteiger partial charge < -0.3 is 11.1 Å². The van der Waals surface area contributed by atoms with Gasteiger partial charge in [0.05, 0.1) is 0 Å². The minimum atomic E-state index is -0.0268. The first-order chi connectivity index (χ1) is 8.85. The Balaban J connectivity index is 1.75. The number of fused-ring (bicyclic) bond motifs is 1. The molecule has 1 amide bonds. The molecule has 2 fully saturated rings. The molecule has 2 aliphatic heterocycles. The quantitative estimate of drug-likeness (QED) is 0.811. The Bertz CT molecular complexity index is 324. The van der Waals surface area contributed by atoms with Crippen molar-refractivity contribution in [3.63, 3.8) is 0 Å². The summed E-state index contributed by atoms with van der Waals surface area (Å²) in [5.41, 5.74) is 6.26. The van der Waals surface area contributed by atoms with E-state index in [4.69, 9.17) is 5.73 Å². The molecule has 2 rings (SSSR count). The number of rotatable bonds is 4. The molecule has 0 aliphatic carbocycles. The van der Waals surface area contributed by atoms with Gasteiger partial charge in [-0.15, -0.1) is 0 Å². The largest absolute Gasteiger partial charge is 0.352 e. The van der Waals surface area contributed by atoms with Crippen LogP contribution >= 0.6 is 0 Å². The Morgan fingerprint density at radius 1 is 1.37 bits per heavy atom. The van der Waals surface area contributed by atoms with E-state index in [1.54, 1.807) is 0 Å². The van der Waals surface area contributed by atoms with Crippen LogP contribution in [0.3, 0.4) is 0 Å². The third-order valence-corrected chi connectivity index (χ3v) is 4.27. The summed E-state index contributed by atoms with van der Waals surface area (Å²) in [6.07, 6.45) is 4.96. The number of nitrogens with zero attached hydrogens (tertiary/aromatic N) is 1. The smallest absolute Gasteiger partial charge is 0.221 e. The van der Waals surface area contributed by atoms with E-state index in [1.807, 2.05) is 0 Å². The highest BCUT2D eigenvalue weighted by atomic mass is 16.1. The molecule has 4 heteroatoms. The average molecular weight is 267 g/mol. The molecule has 2 heterocycles. The van der Waals surface area contributed by atoms with E-state index >= 15 is 0 Å². The summed E-state index contributed by atoms with van der Waals surface area (Å²) in [6.45, 7) is 8.85. The van der Waals surface area contributed by atoms with Gasteiger partial charge in [-0.05, 0) is 37.6 Å². The predicted octanol–water partition coefficient (Wildman–Crippen LogP) is 1.49. The summed E-state index contributed by atoms with van der Waals surface area (Å²) in [5, 5.41) is 3.21. The Labute approximate surface area is 117 Å². The van der Waals surface area contributed by atoms with Gasteiger partial charge in [0, 0.05) is 31.1 Å². The minimum absolute atomic E-state index is 0.0268. The van der Waals surface area contributed by atoms with Gasteiger partial charge in [-0.3, -0.25) is 9.69 Å². The number of carbonyl (C=O) groups is 1. The van der Waals surface area contributed by atoms with Gasteiger partial charge in [0.2, 0.25) is 5.91 Å². The minimum Gasteiger partial charge on any atom is -0.352 e. The number of carbonyl (C=O) groups excluding carboxylic acids is 1. The molecule has 0 bridgehead atoms. The fraction of sp³-hybridized carbons (Fsp3) is 0.933. The van der Waals surface area contributed by atoms with E-state index in [0.717, 1.165) is 19.4 Å². The molecule has 110 valence electrons. The molecule has 3 N–H and O–H groups in total. The molecule has 3 unspecified atom stereocenters. The molecule has 0 radical (unpaired) electrons. The van der Waals surface area contributed by atoms with Gasteiger partial charge in [0.15, 0.2) is 0 Å². The number of nitrogens with two attached hydrogens (primary N) is 1. The fourth-order valence-corrected chi connectivity index (χ4v) is 3.61. The normalized spacial score (nSPS) is 29.3. The van der Waals surface area contributed by atoms with Gasteiger partial charge in [-0.25, -0.2) is 0 Å². The molecule has 0 aromatic carbocycles. The maximum Gasteiger partial charge on any atom is 0.221 e. The highest BCUT2D eigenvalue weighted by Gasteiger charge is 2.37. The average Bonchev–Trinajstić information content (AvgIpc) is 2.79. The van der Waals surface area contributed by atoms with Crippen LogP contribution in [0.2, 0.25) is 0 Å². The number of hydrogen-bond donors (Lipinski definition) is 2. The van der Waals surface area contributed by atoms with Crippen LogP contribution in [0.4, 0.5) is 0 Å². The molecule has 0 saturated carbocycles. The van der Waals surface area contributed by atoms with E-state index in [9.17, 15) is 4.79 Å². The van der Waals surface area contributed by atoms with Gasteiger partial charge in [0.25, 0.3) is 0 Å². The van der Waals surface area contributed by atoms with Gasteiger partial charge in [0.1, 0.15) is 0 Å². The van der Waals surface area contributed by atoms with Gasteiger partial charge in [-0.2, -0.15) is 0 Å². The first-order valence-electron chi connectivity index (χ1n) is 7.64. The molecular weight excluding hydrogens is 238 g/mol. The first-order valence-corrected chi connectivity index (χ1v) is 7.64. The van der Waals surface area contributed by atoms with Crippen molar-refractivity contribution in [1.82, 2.24) is 10.2 Å². The van der Waals surface area contributed by atoms with Gasteiger partial charge in [-0.1, -0.05) is 20.8 Å². The third kappa shape index (κ3) is 4.18. The van der Waals surface area contributed by atoms with E-state index in [2.05, 4.69) is 31.0 Å². The van der Waals surface area contributed by atoms with Crippen molar-refractivity contribution in [2.45, 2.75) is 71.0 Å². The second-order valence-electron chi connectivity index (χ2n) is 7.44. The SMILES string of the molecule is CC(C)(C)CC(N)CC(=O)NC1CCN2CCCC12. The van der Waals surface area contributed by atoms with Crippen molar-refractivity contribution in [2.24, 2.45) is 11.1 Å². The summed E-state index contributed by atoms with van der Waals surface area (Å²) < 4.78 is 0. The predicted molar refractivity (Wildman–Crippen MR) is 77.8 cm³/mol. The molecule has 19 heavy (non-hydrogen) atoms. The molecule has 2 saturated heterocycles. The summed E-state index contributed by atoms with van der Waals surface area (Å²) in [5.74, 6) is 0.135. The molecule has 0 aromatic heterocycles. The molecule has 0 aromatic rings. The lowest BCUT2D eigenvalue weighted by Crippen LogP contribution is -2.44. The summed E-state index contributed by atoms with van der Waals surface area (Å²) in [7, 11) is 0. The lowest BCUT2D eigenvalue weighted by Gasteiger charge is -2.25. The zero-order valence-corrected chi connectivity index (χ0v) is 12.6. The van der Waals surface area contributed by atoms with Crippen molar-refractivity contribution in [3.8, 4) is 0 Å². The fourth-order valence-electron chi connectivity index (χ4n) is 3.61. The van der Waals surface area contributed by atoms with Crippen LogP contribution in [0.5, 0.6) is 0 Å². The van der Waals surface area contributed by atoms with Crippen molar-refractivity contribution in [2.75, 3.05) is 13.1 Å². The van der Waals surface area contributed by atoms with E-state index in [0.29, 0.717) is 18.5 Å². The van der Waals surface area contributed by atoms with E-state index in [1.165, 1.54) is 19.4 Å². The Morgan fingerprint density at radius 3 is 2.79 bits per heavy atom. The Hall–Kier alpha value is -0.610. The highest BCUT2D eigenvalue weighted by molar-refractivity contribution is 5.77. The van der Waals surface area contributed by atoms with Crippen LogP contribution in [0.25, 0.3) is 0 Å². The highest BCUT2D eigenvalue weighted by Crippen LogP contribution is 2.28. The summed E-state index contributed by atoms with van der Waals surface area (Å²) in [6, 6.07) is 0.917. The van der Waals surface area contributed by atoms with Crippen LogP contribution in [0.15, 0.2) is 0 Å². The standard InChI is InChI=1S/C15H29N3O/c1-15(2,3)10-11(16)9-14(19)17-12-6-8-18-7-4-5-13(12)18/h11-13H,4-10,16H2,1-3H3,(H,17,19). The second-order valence-corrected chi connectivity index (χ2v) is 7.44.